The van der Waals surface area contributed by atoms with Gasteiger partial charge in [-0.3, -0.25) is 24.3 Å². The molecule has 0 aliphatic carbocycles. The molecule has 10 heteroatoms. The Balaban J connectivity index is 2.42. The smallest absolute Gasteiger partial charge is 0.310 e. The lowest BCUT2D eigenvalue weighted by Crippen LogP contribution is -2.29. The third kappa shape index (κ3) is 3.99. The van der Waals surface area contributed by atoms with Crippen LogP contribution >= 0.6 is 0 Å². The van der Waals surface area contributed by atoms with Crippen molar-refractivity contribution in [2.45, 2.75) is 13.5 Å². The van der Waals surface area contributed by atoms with Crippen molar-refractivity contribution in [1.82, 2.24) is 4.57 Å². The largest absolute Gasteiger partial charge is 0.494 e. The molecule has 1 aromatic carbocycles. The summed E-state index contributed by atoms with van der Waals surface area (Å²) >= 11 is 0. The van der Waals surface area contributed by atoms with Crippen molar-refractivity contribution in [2.75, 3.05) is 20.3 Å². The van der Waals surface area contributed by atoms with Crippen molar-refractivity contribution in [3.63, 3.8) is 0 Å². The average molecular weight is 387 g/mol. The normalized spacial score (nSPS) is 10.3. The van der Waals surface area contributed by atoms with Gasteiger partial charge in [-0.15, -0.1) is 0 Å². The van der Waals surface area contributed by atoms with Gasteiger partial charge in [0.1, 0.15) is 11.6 Å². The van der Waals surface area contributed by atoms with Gasteiger partial charge in [-0.25, -0.2) is 0 Å². The van der Waals surface area contributed by atoms with E-state index in [1.807, 2.05) is 0 Å². The van der Waals surface area contributed by atoms with Gasteiger partial charge < -0.3 is 14.6 Å². The molecule has 0 spiro atoms. The summed E-state index contributed by atoms with van der Waals surface area (Å²) in [5.41, 5.74) is -1.60. The molecule has 0 atom stereocenters. The van der Waals surface area contributed by atoms with Crippen LogP contribution in [-0.2, 0) is 11.3 Å². The number of nitro benzene ring substituents is 1. The number of carbonyl (C=O) groups excluding carboxylic acids is 1. The number of nitro groups is 1. The molecule has 0 unspecified atom stereocenters. The SMILES string of the molecule is COCCn1c(O)c(C(=O)COc2ccccc2[N+](=O)[O-])c(C)c(C#N)c1=O. The van der Waals surface area contributed by atoms with E-state index in [0.29, 0.717) is 0 Å². The number of Topliss-reactive ketones (excluding diaryl/α,β-unsaturated/α-hetero) is 1. The topological polar surface area (TPSA) is 145 Å². The minimum atomic E-state index is -0.745. The Morgan fingerprint density at radius 2 is 2.07 bits per heavy atom. The first kappa shape index (κ1) is 20.6. The lowest BCUT2D eigenvalue weighted by molar-refractivity contribution is -0.385. The number of ketones is 1. The molecule has 1 N–H and O–H groups in total. The number of rotatable bonds is 8. The lowest BCUT2D eigenvalue weighted by atomic mass is 10.0. The summed E-state index contributed by atoms with van der Waals surface area (Å²) in [4.78, 5) is 35.3. The van der Waals surface area contributed by atoms with E-state index in [4.69, 9.17) is 9.47 Å². The van der Waals surface area contributed by atoms with Crippen LogP contribution in [0.1, 0.15) is 21.5 Å². The highest BCUT2D eigenvalue weighted by atomic mass is 16.6. The summed E-state index contributed by atoms with van der Waals surface area (Å²) in [6.45, 7) is 0.730. The zero-order valence-corrected chi connectivity index (χ0v) is 15.2. The second-order valence-electron chi connectivity index (χ2n) is 5.70. The molecular weight excluding hydrogens is 370 g/mol. The Morgan fingerprint density at radius 1 is 1.39 bits per heavy atom. The number of carbonyl (C=O) groups is 1. The highest BCUT2D eigenvalue weighted by molar-refractivity contribution is 6.01. The Hall–Kier alpha value is -3.71. The maximum atomic E-state index is 12.6. The van der Waals surface area contributed by atoms with Crippen LogP contribution in [0.2, 0.25) is 0 Å². The number of pyridine rings is 1. The third-order valence-electron chi connectivity index (χ3n) is 4.02. The van der Waals surface area contributed by atoms with Crippen LogP contribution in [0, 0.1) is 28.4 Å². The monoisotopic (exact) mass is 387 g/mol. The predicted octanol–water partition coefficient (Wildman–Crippen LogP) is 1.55. The Kier molecular flexibility index (Phi) is 6.46. The van der Waals surface area contributed by atoms with Crippen LogP contribution in [0.25, 0.3) is 0 Å². The number of hydrogen-bond donors (Lipinski definition) is 1. The van der Waals surface area contributed by atoms with Crippen LogP contribution < -0.4 is 10.3 Å². The van der Waals surface area contributed by atoms with Crippen molar-refractivity contribution in [1.29, 1.82) is 5.26 Å². The summed E-state index contributed by atoms with van der Waals surface area (Å²) in [7, 11) is 1.40. The van der Waals surface area contributed by atoms with Crippen molar-refractivity contribution >= 4 is 11.5 Å². The van der Waals surface area contributed by atoms with Crippen LogP contribution in [-0.4, -0.2) is 40.7 Å². The fourth-order valence-electron chi connectivity index (χ4n) is 2.62. The third-order valence-corrected chi connectivity index (χ3v) is 4.02. The van der Waals surface area contributed by atoms with Gasteiger partial charge in [-0.2, -0.15) is 5.26 Å². The Morgan fingerprint density at radius 3 is 2.68 bits per heavy atom. The highest BCUT2D eigenvalue weighted by Gasteiger charge is 2.25. The molecule has 10 nitrogen and oxygen atoms in total. The van der Waals surface area contributed by atoms with Gasteiger partial charge in [0.15, 0.2) is 12.4 Å². The number of aromatic hydroxyl groups is 1. The maximum Gasteiger partial charge on any atom is 0.310 e. The molecule has 146 valence electrons. The zero-order valence-electron chi connectivity index (χ0n) is 15.2. The van der Waals surface area contributed by atoms with Gasteiger partial charge in [0, 0.05) is 13.2 Å². The molecule has 0 saturated carbocycles. The first-order valence-corrected chi connectivity index (χ1v) is 8.08. The number of ether oxygens (including phenoxy) is 2. The summed E-state index contributed by atoms with van der Waals surface area (Å²) in [5.74, 6) is -1.48. The molecule has 1 heterocycles. The summed E-state index contributed by atoms with van der Waals surface area (Å²) in [6.07, 6.45) is 0. The van der Waals surface area contributed by atoms with Gasteiger partial charge in [-0.05, 0) is 18.6 Å². The van der Waals surface area contributed by atoms with E-state index in [-0.39, 0.29) is 41.3 Å². The molecule has 0 bridgehead atoms. The number of nitriles is 1. The van der Waals surface area contributed by atoms with Gasteiger partial charge in [0.25, 0.3) is 5.56 Å². The van der Waals surface area contributed by atoms with Crippen molar-refractivity contribution in [2.24, 2.45) is 0 Å². The van der Waals surface area contributed by atoms with E-state index in [9.17, 15) is 30.1 Å². The molecule has 1 aromatic heterocycles. The first-order chi connectivity index (χ1) is 13.3. The molecular formula is C18H17N3O7. The zero-order chi connectivity index (χ0) is 20.8. The maximum absolute atomic E-state index is 12.6. The summed E-state index contributed by atoms with van der Waals surface area (Å²) in [5, 5.41) is 30.7. The molecule has 0 aliphatic rings. The fourth-order valence-corrected chi connectivity index (χ4v) is 2.62. The number of para-hydroxylation sites is 2. The van der Waals surface area contributed by atoms with Gasteiger partial charge in [-0.1, -0.05) is 12.1 Å². The van der Waals surface area contributed by atoms with E-state index in [1.54, 1.807) is 6.07 Å². The van der Waals surface area contributed by atoms with E-state index >= 15 is 0 Å². The van der Waals surface area contributed by atoms with E-state index in [2.05, 4.69) is 0 Å². The number of benzene rings is 1. The average Bonchev–Trinajstić information content (AvgIpc) is 2.66. The van der Waals surface area contributed by atoms with E-state index in [1.165, 1.54) is 38.3 Å². The fraction of sp³-hybridized carbons (Fsp3) is 0.278. The molecule has 0 radical (unpaired) electrons. The van der Waals surface area contributed by atoms with Gasteiger partial charge >= 0.3 is 5.69 Å². The number of nitrogens with zero attached hydrogens (tertiary/aromatic N) is 3. The number of aromatic nitrogens is 1. The van der Waals surface area contributed by atoms with Gasteiger partial charge in [0.05, 0.1) is 23.6 Å². The first-order valence-electron chi connectivity index (χ1n) is 8.08. The lowest BCUT2D eigenvalue weighted by Gasteiger charge is -2.15. The molecule has 0 fully saturated rings. The minimum Gasteiger partial charge on any atom is -0.494 e. The van der Waals surface area contributed by atoms with Crippen LogP contribution in [0.4, 0.5) is 5.69 Å². The van der Waals surface area contributed by atoms with E-state index < -0.39 is 28.8 Å². The molecule has 28 heavy (non-hydrogen) atoms. The second-order valence-corrected chi connectivity index (χ2v) is 5.70. The molecule has 0 aliphatic heterocycles. The summed E-state index contributed by atoms with van der Waals surface area (Å²) in [6, 6.07) is 7.25. The van der Waals surface area contributed by atoms with Crippen molar-refractivity contribution in [3.05, 3.63) is 61.4 Å². The highest BCUT2D eigenvalue weighted by Crippen LogP contribution is 2.27. The minimum absolute atomic E-state index is 0.00910. The molecule has 2 rings (SSSR count). The standard InChI is InChI=1S/C18H17N3O7/c1-11-12(9-19)17(23)20(7-8-27-2)18(24)16(11)14(22)10-28-15-6-4-3-5-13(15)21(25)26/h3-6,24H,7-8,10H2,1-2H3. The van der Waals surface area contributed by atoms with E-state index in [0.717, 1.165) is 4.57 Å². The Bertz CT molecular complexity index is 1020. The summed E-state index contributed by atoms with van der Waals surface area (Å²) < 4.78 is 11.0. The molecule has 2 aromatic rings. The number of methoxy groups -OCH3 is 1. The molecule has 0 saturated heterocycles. The van der Waals surface area contributed by atoms with Crippen molar-refractivity contribution in [3.8, 4) is 17.7 Å². The predicted molar refractivity (Wildman–Crippen MR) is 96.6 cm³/mol. The van der Waals surface area contributed by atoms with Gasteiger partial charge in [0.2, 0.25) is 11.7 Å². The Labute approximate surface area is 159 Å². The van der Waals surface area contributed by atoms with Crippen LogP contribution in [0.5, 0.6) is 11.6 Å². The van der Waals surface area contributed by atoms with Crippen LogP contribution in [0.3, 0.4) is 0 Å². The second kappa shape index (κ2) is 8.79. The molecule has 0 amide bonds. The number of hydrogen-bond acceptors (Lipinski definition) is 8. The van der Waals surface area contributed by atoms with Crippen LogP contribution in [0.15, 0.2) is 29.1 Å². The quantitative estimate of drug-likeness (QED) is 0.408. The van der Waals surface area contributed by atoms with Crippen molar-refractivity contribution < 1.29 is 24.3 Å².